The number of fused-ring (bicyclic) bond motifs is 1. The molecule has 0 aromatic heterocycles. The summed E-state index contributed by atoms with van der Waals surface area (Å²) in [7, 11) is -1.67. The van der Waals surface area contributed by atoms with Crippen molar-refractivity contribution in [3.8, 4) is 0 Å². The van der Waals surface area contributed by atoms with E-state index in [1.54, 1.807) is 0 Å². The van der Waals surface area contributed by atoms with Gasteiger partial charge in [-0.05, 0) is 31.0 Å². The molecule has 3 atom stereocenters. The molecule has 0 bridgehead atoms. The predicted octanol–water partition coefficient (Wildman–Crippen LogP) is 2.92. The first-order valence-electron chi connectivity index (χ1n) is 7.27. The highest BCUT2D eigenvalue weighted by molar-refractivity contribution is 6.74. The first kappa shape index (κ1) is 15.0. The molecule has 1 saturated carbocycles. The van der Waals surface area contributed by atoms with Gasteiger partial charge in [-0.25, -0.2) is 0 Å². The fourth-order valence-corrected chi connectivity index (χ4v) is 3.55. The molecule has 2 rings (SSSR count). The number of rotatable bonds is 4. The van der Waals surface area contributed by atoms with Gasteiger partial charge in [0.05, 0.1) is 11.8 Å². The van der Waals surface area contributed by atoms with Gasteiger partial charge >= 0.3 is 0 Å². The molecule has 0 amide bonds. The highest BCUT2D eigenvalue weighted by atomic mass is 28.4. The van der Waals surface area contributed by atoms with E-state index in [2.05, 4.69) is 39.0 Å². The lowest BCUT2D eigenvalue weighted by Crippen LogP contribution is -2.41. The van der Waals surface area contributed by atoms with E-state index < -0.39 is 8.32 Å². The van der Waals surface area contributed by atoms with Crippen molar-refractivity contribution in [3.05, 3.63) is 0 Å². The van der Waals surface area contributed by atoms with Crippen LogP contribution in [-0.4, -0.2) is 38.0 Å². The maximum absolute atomic E-state index is 9.76. The number of aliphatic hydroxyl groups excluding tert-OH is 1. The second-order valence-corrected chi connectivity index (χ2v) is 12.1. The average Bonchev–Trinajstić information content (AvgIpc) is 2.82. The Morgan fingerprint density at radius 3 is 2.68 bits per heavy atom. The Morgan fingerprint density at radius 1 is 1.37 bits per heavy atom. The van der Waals surface area contributed by atoms with Crippen molar-refractivity contribution in [1.82, 2.24) is 0 Å². The van der Waals surface area contributed by atoms with Crippen LogP contribution in [0.4, 0.5) is 0 Å². The molecule has 0 radical (unpaired) electrons. The van der Waals surface area contributed by atoms with Gasteiger partial charge in [0.15, 0.2) is 14.4 Å². The van der Waals surface area contributed by atoms with Gasteiger partial charge in [0.1, 0.15) is 0 Å². The van der Waals surface area contributed by atoms with Crippen LogP contribution >= 0.6 is 0 Å². The molecule has 19 heavy (non-hydrogen) atoms. The molecule has 1 aliphatic heterocycles. The molecule has 1 fully saturated rings. The van der Waals surface area contributed by atoms with Crippen LogP contribution in [0.25, 0.3) is 0 Å². The zero-order chi connectivity index (χ0) is 14.3. The summed E-state index contributed by atoms with van der Waals surface area (Å²) >= 11 is 0. The fourth-order valence-electron chi connectivity index (χ4n) is 2.50. The van der Waals surface area contributed by atoms with Crippen LogP contribution < -0.4 is 0 Å². The molecule has 4 nitrogen and oxygen atoms in total. The van der Waals surface area contributed by atoms with Crippen molar-refractivity contribution in [3.63, 3.8) is 0 Å². The van der Waals surface area contributed by atoms with E-state index in [4.69, 9.17) is 9.26 Å². The molecular weight excluding hydrogens is 258 g/mol. The SMILES string of the molecule is CC(C)(C)[Si](C)(C)OCCC1=NO[C@H]2[C@@H](O)CC[C@@H]12. The van der Waals surface area contributed by atoms with Crippen molar-refractivity contribution in [1.29, 1.82) is 0 Å². The van der Waals surface area contributed by atoms with Gasteiger partial charge in [0, 0.05) is 18.9 Å². The summed E-state index contributed by atoms with van der Waals surface area (Å²) in [6.07, 6.45) is 2.22. The van der Waals surface area contributed by atoms with Crippen LogP contribution in [0, 0.1) is 5.92 Å². The van der Waals surface area contributed by atoms with Gasteiger partial charge in [0.2, 0.25) is 0 Å². The van der Waals surface area contributed by atoms with Crippen LogP contribution in [0.2, 0.25) is 18.1 Å². The molecule has 110 valence electrons. The molecule has 0 spiro atoms. The number of oxime groups is 1. The minimum absolute atomic E-state index is 0.0946. The van der Waals surface area contributed by atoms with Crippen molar-refractivity contribution >= 4 is 14.0 Å². The fraction of sp³-hybridized carbons (Fsp3) is 0.929. The maximum atomic E-state index is 9.76. The second kappa shape index (κ2) is 5.18. The van der Waals surface area contributed by atoms with E-state index in [-0.39, 0.29) is 17.2 Å². The molecule has 1 heterocycles. The van der Waals surface area contributed by atoms with Crippen LogP contribution in [-0.2, 0) is 9.26 Å². The van der Waals surface area contributed by atoms with E-state index >= 15 is 0 Å². The summed E-state index contributed by atoms with van der Waals surface area (Å²) in [4.78, 5) is 5.35. The summed E-state index contributed by atoms with van der Waals surface area (Å²) in [6.45, 7) is 12.0. The van der Waals surface area contributed by atoms with Gasteiger partial charge in [0.25, 0.3) is 0 Å². The van der Waals surface area contributed by atoms with Gasteiger partial charge in [-0.3, -0.25) is 0 Å². The lowest BCUT2D eigenvalue weighted by Gasteiger charge is -2.36. The van der Waals surface area contributed by atoms with E-state index in [1.165, 1.54) is 0 Å². The molecular formula is C14H27NO3Si. The van der Waals surface area contributed by atoms with E-state index in [0.29, 0.717) is 5.92 Å². The summed E-state index contributed by atoms with van der Waals surface area (Å²) in [6, 6.07) is 0. The number of hydrogen-bond donors (Lipinski definition) is 1. The lowest BCUT2D eigenvalue weighted by atomic mass is 9.98. The van der Waals surface area contributed by atoms with Crippen molar-refractivity contribution in [2.24, 2.45) is 11.1 Å². The highest BCUT2D eigenvalue weighted by Crippen LogP contribution is 2.38. The Hall–Kier alpha value is -0.393. The molecule has 5 heteroatoms. The van der Waals surface area contributed by atoms with Crippen molar-refractivity contribution < 1.29 is 14.4 Å². The number of aliphatic hydroxyl groups is 1. The molecule has 0 saturated heterocycles. The number of hydrogen-bond acceptors (Lipinski definition) is 4. The zero-order valence-corrected chi connectivity index (χ0v) is 13.8. The third-order valence-corrected chi connectivity index (χ3v) is 9.43. The molecule has 0 aromatic rings. The average molecular weight is 285 g/mol. The standard InChI is InChI=1S/C14H27NO3Si/c1-14(2,3)19(4,5)17-9-8-11-10-6-7-12(16)13(10)18-15-11/h10,12-13,16H,6-9H2,1-5H3/t10-,12-,13+/m0/s1. The molecule has 1 N–H and O–H groups in total. The minimum atomic E-state index is -1.67. The Bertz CT molecular complexity index is 362. The maximum Gasteiger partial charge on any atom is 0.191 e. The van der Waals surface area contributed by atoms with Gasteiger partial charge in [-0.1, -0.05) is 25.9 Å². The summed E-state index contributed by atoms with van der Waals surface area (Å²) in [5.74, 6) is 0.318. The third-order valence-electron chi connectivity index (χ3n) is 4.90. The van der Waals surface area contributed by atoms with Gasteiger partial charge in [-0.2, -0.15) is 0 Å². The minimum Gasteiger partial charge on any atom is -0.416 e. The largest absolute Gasteiger partial charge is 0.416 e. The topological polar surface area (TPSA) is 51.0 Å². The van der Waals surface area contributed by atoms with Gasteiger partial charge < -0.3 is 14.4 Å². The van der Waals surface area contributed by atoms with Crippen LogP contribution in [0.5, 0.6) is 0 Å². The van der Waals surface area contributed by atoms with Crippen LogP contribution in [0.15, 0.2) is 5.16 Å². The first-order chi connectivity index (χ1) is 8.72. The molecule has 0 aromatic carbocycles. The summed E-state index contributed by atoms with van der Waals surface area (Å²) < 4.78 is 6.17. The molecule has 1 aliphatic carbocycles. The third kappa shape index (κ3) is 3.03. The summed E-state index contributed by atoms with van der Waals surface area (Å²) in [5, 5.41) is 14.1. The second-order valence-electron chi connectivity index (χ2n) is 7.26. The Labute approximate surface area is 117 Å². The Kier molecular flexibility index (Phi) is 4.09. The zero-order valence-electron chi connectivity index (χ0n) is 12.8. The predicted molar refractivity (Wildman–Crippen MR) is 78.8 cm³/mol. The lowest BCUT2D eigenvalue weighted by molar-refractivity contribution is -0.0102. The highest BCUT2D eigenvalue weighted by Gasteiger charge is 2.44. The monoisotopic (exact) mass is 285 g/mol. The Balaban J connectivity index is 1.82. The van der Waals surface area contributed by atoms with Crippen LogP contribution in [0.1, 0.15) is 40.0 Å². The van der Waals surface area contributed by atoms with Crippen molar-refractivity contribution in [2.75, 3.05) is 6.61 Å². The Morgan fingerprint density at radius 2 is 2.05 bits per heavy atom. The van der Waals surface area contributed by atoms with E-state index in [1.807, 2.05) is 0 Å². The molecule has 2 aliphatic rings. The van der Waals surface area contributed by atoms with E-state index in [9.17, 15) is 5.11 Å². The normalized spacial score (nSPS) is 31.1. The van der Waals surface area contributed by atoms with Crippen molar-refractivity contribution in [2.45, 2.75) is 70.4 Å². The van der Waals surface area contributed by atoms with Gasteiger partial charge in [-0.15, -0.1) is 0 Å². The number of nitrogens with zero attached hydrogens (tertiary/aromatic N) is 1. The smallest absolute Gasteiger partial charge is 0.191 e. The van der Waals surface area contributed by atoms with E-state index in [0.717, 1.165) is 31.6 Å². The molecule has 0 unspecified atom stereocenters. The quantitative estimate of drug-likeness (QED) is 0.808. The van der Waals surface area contributed by atoms with Crippen LogP contribution in [0.3, 0.4) is 0 Å². The summed E-state index contributed by atoms with van der Waals surface area (Å²) in [5.41, 5.74) is 1.08. The first-order valence-corrected chi connectivity index (χ1v) is 10.2.